The van der Waals surface area contributed by atoms with E-state index in [1.165, 1.54) is 0 Å². The van der Waals surface area contributed by atoms with Gasteiger partial charge in [0.25, 0.3) is 0 Å². The molecule has 23 heavy (non-hydrogen) atoms. The lowest BCUT2D eigenvalue weighted by atomic mass is 10.1. The molecule has 1 unspecified atom stereocenters. The van der Waals surface area contributed by atoms with E-state index >= 15 is 0 Å². The number of benzene rings is 1. The normalized spacial score (nSPS) is 13.0. The van der Waals surface area contributed by atoms with E-state index in [1.807, 2.05) is 33.0 Å². The van der Waals surface area contributed by atoms with Crippen molar-refractivity contribution in [2.24, 2.45) is 12.0 Å². The van der Waals surface area contributed by atoms with Crippen LogP contribution in [0.15, 0.2) is 35.5 Å². The average molecular weight is 317 g/mol. The average Bonchev–Trinajstić information content (AvgIpc) is 2.93. The van der Waals surface area contributed by atoms with Crippen LogP contribution < -0.4 is 10.6 Å². The number of hydrogen-bond donors (Lipinski definition) is 2. The molecule has 0 amide bonds. The molecule has 124 valence electrons. The van der Waals surface area contributed by atoms with Gasteiger partial charge in [-0.1, -0.05) is 12.1 Å². The number of nitrogens with zero attached hydrogens (tertiary/aromatic N) is 3. The Balaban J connectivity index is 2.08. The maximum atomic E-state index is 13.7. The highest BCUT2D eigenvalue weighted by atomic mass is 19.1. The van der Waals surface area contributed by atoms with Crippen LogP contribution >= 0.6 is 0 Å². The molecule has 0 bridgehead atoms. The van der Waals surface area contributed by atoms with E-state index in [1.54, 1.807) is 29.9 Å². The van der Waals surface area contributed by atoms with Crippen LogP contribution in [0.3, 0.4) is 0 Å². The summed E-state index contributed by atoms with van der Waals surface area (Å²) in [6.07, 6.45) is 1.75. The molecule has 0 spiro atoms. The molecular weight excluding hydrogens is 293 g/mol. The molecule has 0 saturated carbocycles. The summed E-state index contributed by atoms with van der Waals surface area (Å²) in [5.74, 6) is 0.509. The molecule has 0 aliphatic heterocycles. The lowest BCUT2D eigenvalue weighted by Gasteiger charge is -2.18. The van der Waals surface area contributed by atoms with Gasteiger partial charge in [-0.25, -0.2) is 9.38 Å². The van der Waals surface area contributed by atoms with Crippen LogP contribution in [0, 0.1) is 12.7 Å². The molecule has 2 N–H and O–H groups in total. The Hall–Kier alpha value is -2.37. The van der Waals surface area contributed by atoms with Crippen molar-refractivity contribution in [3.8, 4) is 0 Å². The number of hydrogen-bond acceptors (Lipinski definition) is 2. The lowest BCUT2D eigenvalue weighted by molar-refractivity contribution is 0.607. The Bertz CT molecular complexity index is 677. The standard InChI is InChI=1S/C17H24FN5/c1-5-19-17(20-11-15-8-9-21-23(15)4)22-13(3)14-7-6-12(2)16(18)10-14/h6-10,13H,5,11H2,1-4H3,(H2,19,20,22). The number of aromatic nitrogens is 2. The van der Waals surface area contributed by atoms with Crippen LogP contribution in [0.2, 0.25) is 0 Å². The third-order valence-electron chi connectivity index (χ3n) is 3.71. The summed E-state index contributed by atoms with van der Waals surface area (Å²) in [7, 11) is 1.89. The Morgan fingerprint density at radius 2 is 2.17 bits per heavy atom. The maximum Gasteiger partial charge on any atom is 0.192 e. The van der Waals surface area contributed by atoms with Crippen molar-refractivity contribution in [1.29, 1.82) is 0 Å². The van der Waals surface area contributed by atoms with Gasteiger partial charge in [0.05, 0.1) is 18.3 Å². The van der Waals surface area contributed by atoms with Crippen molar-refractivity contribution in [2.45, 2.75) is 33.4 Å². The van der Waals surface area contributed by atoms with Crippen LogP contribution in [0.4, 0.5) is 4.39 Å². The van der Waals surface area contributed by atoms with Crippen molar-refractivity contribution in [2.75, 3.05) is 6.54 Å². The van der Waals surface area contributed by atoms with E-state index in [-0.39, 0.29) is 11.9 Å². The summed E-state index contributed by atoms with van der Waals surface area (Å²) in [5, 5.41) is 10.6. The molecule has 2 rings (SSSR count). The first-order chi connectivity index (χ1) is 11.0. The largest absolute Gasteiger partial charge is 0.357 e. The fourth-order valence-electron chi connectivity index (χ4n) is 2.20. The SMILES string of the molecule is CCNC(=NCc1ccnn1C)NC(C)c1ccc(C)c(F)c1. The number of guanidine groups is 1. The van der Waals surface area contributed by atoms with Crippen molar-refractivity contribution in [1.82, 2.24) is 20.4 Å². The first-order valence-corrected chi connectivity index (χ1v) is 7.79. The number of nitrogens with one attached hydrogen (secondary N) is 2. The molecule has 1 atom stereocenters. The van der Waals surface area contributed by atoms with Gasteiger partial charge < -0.3 is 10.6 Å². The fraction of sp³-hybridized carbons (Fsp3) is 0.412. The summed E-state index contributed by atoms with van der Waals surface area (Å²) in [6, 6.07) is 7.18. The predicted molar refractivity (Wildman–Crippen MR) is 90.7 cm³/mol. The highest BCUT2D eigenvalue weighted by Gasteiger charge is 2.10. The van der Waals surface area contributed by atoms with Crippen molar-refractivity contribution < 1.29 is 4.39 Å². The molecule has 1 aromatic carbocycles. The third kappa shape index (κ3) is 4.55. The fourth-order valence-corrected chi connectivity index (χ4v) is 2.20. The van der Waals surface area contributed by atoms with Crippen molar-refractivity contribution >= 4 is 5.96 Å². The Labute approximate surface area is 136 Å². The molecule has 0 aliphatic carbocycles. The Kier molecular flexibility index (Phi) is 5.73. The molecule has 6 heteroatoms. The molecule has 1 aromatic heterocycles. The van der Waals surface area contributed by atoms with Gasteiger partial charge in [0.1, 0.15) is 5.82 Å². The van der Waals surface area contributed by atoms with Crippen molar-refractivity contribution in [3.63, 3.8) is 0 Å². The molecule has 0 fully saturated rings. The summed E-state index contributed by atoms with van der Waals surface area (Å²) in [4.78, 5) is 4.56. The second-order valence-electron chi connectivity index (χ2n) is 5.52. The van der Waals surface area contributed by atoms with Crippen LogP contribution in [-0.4, -0.2) is 22.3 Å². The third-order valence-corrected chi connectivity index (χ3v) is 3.71. The van der Waals surface area contributed by atoms with Gasteiger partial charge in [0, 0.05) is 19.8 Å². The topological polar surface area (TPSA) is 54.2 Å². The molecule has 0 aliphatic rings. The second-order valence-corrected chi connectivity index (χ2v) is 5.52. The molecule has 0 saturated heterocycles. The predicted octanol–water partition coefficient (Wildman–Crippen LogP) is 2.68. The minimum Gasteiger partial charge on any atom is -0.357 e. The highest BCUT2D eigenvalue weighted by Crippen LogP contribution is 2.16. The molecule has 0 radical (unpaired) electrons. The van der Waals surface area contributed by atoms with E-state index in [0.717, 1.165) is 17.8 Å². The second kappa shape index (κ2) is 7.76. The van der Waals surface area contributed by atoms with Gasteiger partial charge in [0.2, 0.25) is 0 Å². The number of halogens is 1. The maximum absolute atomic E-state index is 13.7. The van der Waals surface area contributed by atoms with Gasteiger partial charge in [-0.05, 0) is 44.0 Å². The smallest absolute Gasteiger partial charge is 0.192 e. The summed E-state index contributed by atoms with van der Waals surface area (Å²) >= 11 is 0. The zero-order chi connectivity index (χ0) is 16.8. The molecular formula is C17H24FN5. The van der Waals surface area contributed by atoms with E-state index in [9.17, 15) is 4.39 Å². The molecule has 1 heterocycles. The minimum atomic E-state index is -0.187. The van der Waals surface area contributed by atoms with Gasteiger partial charge in [-0.2, -0.15) is 5.10 Å². The van der Waals surface area contributed by atoms with Crippen LogP contribution in [0.1, 0.15) is 36.7 Å². The minimum absolute atomic E-state index is 0.0468. The number of aryl methyl sites for hydroxylation is 2. The zero-order valence-electron chi connectivity index (χ0n) is 14.1. The van der Waals surface area contributed by atoms with Gasteiger partial charge >= 0.3 is 0 Å². The summed E-state index contributed by atoms with van der Waals surface area (Å²) in [5.41, 5.74) is 2.56. The number of aliphatic imine (C=N–C) groups is 1. The van der Waals surface area contributed by atoms with Crippen LogP contribution in [-0.2, 0) is 13.6 Å². The van der Waals surface area contributed by atoms with E-state index in [2.05, 4.69) is 20.7 Å². The van der Waals surface area contributed by atoms with Gasteiger partial charge in [-0.3, -0.25) is 4.68 Å². The Morgan fingerprint density at radius 3 is 2.78 bits per heavy atom. The summed E-state index contributed by atoms with van der Waals surface area (Å²) < 4.78 is 15.5. The molecule has 5 nitrogen and oxygen atoms in total. The van der Waals surface area contributed by atoms with E-state index in [0.29, 0.717) is 18.1 Å². The quantitative estimate of drug-likeness (QED) is 0.658. The van der Waals surface area contributed by atoms with E-state index in [4.69, 9.17) is 0 Å². The van der Waals surface area contributed by atoms with Crippen LogP contribution in [0.5, 0.6) is 0 Å². The lowest BCUT2D eigenvalue weighted by Crippen LogP contribution is -2.38. The first-order valence-electron chi connectivity index (χ1n) is 7.79. The zero-order valence-corrected chi connectivity index (χ0v) is 14.1. The first kappa shape index (κ1) is 17.0. The monoisotopic (exact) mass is 317 g/mol. The van der Waals surface area contributed by atoms with E-state index < -0.39 is 0 Å². The van der Waals surface area contributed by atoms with Crippen molar-refractivity contribution in [3.05, 3.63) is 53.1 Å². The Morgan fingerprint density at radius 1 is 1.39 bits per heavy atom. The van der Waals surface area contributed by atoms with Gasteiger partial charge in [-0.15, -0.1) is 0 Å². The highest BCUT2D eigenvalue weighted by molar-refractivity contribution is 5.80. The van der Waals surface area contributed by atoms with Crippen LogP contribution in [0.25, 0.3) is 0 Å². The summed E-state index contributed by atoms with van der Waals surface area (Å²) in [6.45, 7) is 7.04. The molecule has 2 aromatic rings. The van der Waals surface area contributed by atoms with Gasteiger partial charge in [0.15, 0.2) is 5.96 Å². The number of rotatable bonds is 5.